The second-order valence-corrected chi connectivity index (χ2v) is 4.81. The van der Waals surface area contributed by atoms with Crippen LogP contribution in [-0.4, -0.2) is 29.5 Å². The number of hydrogen-bond donors (Lipinski definition) is 2. The molecule has 102 valence electrons. The molecule has 1 heterocycles. The fourth-order valence-electron chi connectivity index (χ4n) is 2.19. The number of anilines is 1. The first-order valence-corrected chi connectivity index (χ1v) is 6.44. The molecule has 1 unspecified atom stereocenters. The van der Waals surface area contributed by atoms with E-state index in [1.807, 2.05) is 6.92 Å². The number of imide groups is 1. The van der Waals surface area contributed by atoms with Crippen molar-refractivity contribution in [2.75, 3.05) is 11.4 Å². The third-order valence-corrected chi connectivity index (χ3v) is 3.53. The number of amides is 2. The molecule has 0 aromatic heterocycles. The molecule has 1 aromatic carbocycles. The van der Waals surface area contributed by atoms with Gasteiger partial charge in [0.25, 0.3) is 0 Å². The average molecular weight is 283 g/mol. The summed E-state index contributed by atoms with van der Waals surface area (Å²) in [4.78, 5) is 25.0. The van der Waals surface area contributed by atoms with Crippen molar-refractivity contribution < 1.29 is 14.7 Å². The van der Waals surface area contributed by atoms with Gasteiger partial charge >= 0.3 is 0 Å². The van der Waals surface area contributed by atoms with Gasteiger partial charge in [-0.25, -0.2) is 0 Å². The van der Waals surface area contributed by atoms with Crippen molar-refractivity contribution in [3.8, 4) is 0 Å². The van der Waals surface area contributed by atoms with Crippen LogP contribution >= 0.6 is 11.6 Å². The summed E-state index contributed by atoms with van der Waals surface area (Å²) in [5.41, 5.74) is 1.32. The van der Waals surface area contributed by atoms with Crippen LogP contribution in [0.5, 0.6) is 0 Å². The molecule has 1 aliphatic rings. The van der Waals surface area contributed by atoms with Crippen LogP contribution in [0.3, 0.4) is 0 Å². The van der Waals surface area contributed by atoms with Crippen LogP contribution in [0.15, 0.2) is 18.2 Å². The van der Waals surface area contributed by atoms with Crippen molar-refractivity contribution in [3.63, 3.8) is 0 Å². The molecule has 0 aliphatic carbocycles. The van der Waals surface area contributed by atoms with Gasteiger partial charge in [0.15, 0.2) is 0 Å². The molecule has 19 heavy (non-hydrogen) atoms. The van der Waals surface area contributed by atoms with E-state index in [-0.39, 0.29) is 31.0 Å². The van der Waals surface area contributed by atoms with E-state index in [1.54, 1.807) is 23.1 Å². The third-order valence-electron chi connectivity index (χ3n) is 3.18. The largest absolute Gasteiger partial charge is 0.392 e. The Morgan fingerprint density at radius 3 is 2.79 bits per heavy atom. The second kappa shape index (κ2) is 5.59. The zero-order chi connectivity index (χ0) is 14.0. The first-order valence-electron chi connectivity index (χ1n) is 6.06. The fraction of sp³-hybridized carbons (Fsp3) is 0.385. The Balaban J connectivity index is 2.35. The quantitative estimate of drug-likeness (QED) is 0.814. The molecule has 0 spiro atoms. The third kappa shape index (κ3) is 2.72. The molecular weight excluding hydrogens is 268 g/mol. The van der Waals surface area contributed by atoms with E-state index in [2.05, 4.69) is 5.32 Å². The Labute approximate surface area is 116 Å². The van der Waals surface area contributed by atoms with Gasteiger partial charge in [0.05, 0.1) is 13.2 Å². The summed E-state index contributed by atoms with van der Waals surface area (Å²) in [6, 6.07) is 4.74. The number of carbonyl (C=O) groups is 2. The van der Waals surface area contributed by atoms with Crippen LogP contribution < -0.4 is 10.2 Å². The normalized spacial score (nSPS) is 19.5. The number of nitrogens with zero attached hydrogens (tertiary/aromatic N) is 1. The molecule has 1 saturated heterocycles. The fourth-order valence-corrected chi connectivity index (χ4v) is 2.42. The second-order valence-electron chi connectivity index (χ2n) is 4.40. The number of halogens is 1. The minimum atomic E-state index is -0.381. The van der Waals surface area contributed by atoms with E-state index in [9.17, 15) is 9.59 Å². The van der Waals surface area contributed by atoms with Crippen molar-refractivity contribution in [1.29, 1.82) is 0 Å². The monoisotopic (exact) mass is 282 g/mol. The SMILES string of the molecule is CCC1C(=O)NC(=O)CN1c1ccc(CO)c(Cl)c1. The van der Waals surface area contributed by atoms with E-state index >= 15 is 0 Å². The highest BCUT2D eigenvalue weighted by Crippen LogP contribution is 2.26. The summed E-state index contributed by atoms with van der Waals surface area (Å²) in [6.07, 6.45) is 0.596. The number of hydrogen-bond acceptors (Lipinski definition) is 4. The summed E-state index contributed by atoms with van der Waals surface area (Å²) >= 11 is 6.04. The smallest absolute Gasteiger partial charge is 0.249 e. The van der Waals surface area contributed by atoms with Gasteiger partial charge in [-0.15, -0.1) is 0 Å². The van der Waals surface area contributed by atoms with Crippen molar-refractivity contribution in [2.45, 2.75) is 26.0 Å². The summed E-state index contributed by atoms with van der Waals surface area (Å²) in [7, 11) is 0. The van der Waals surface area contributed by atoms with Gasteiger partial charge in [-0.3, -0.25) is 14.9 Å². The summed E-state index contributed by atoms with van der Waals surface area (Å²) in [5, 5.41) is 11.8. The van der Waals surface area contributed by atoms with Crippen molar-refractivity contribution >= 4 is 29.1 Å². The summed E-state index contributed by atoms with van der Waals surface area (Å²) in [6.45, 7) is 1.87. The van der Waals surface area contributed by atoms with Gasteiger partial charge in [-0.1, -0.05) is 24.6 Å². The Bertz CT molecular complexity index is 519. The molecule has 5 nitrogen and oxygen atoms in total. The maximum absolute atomic E-state index is 11.8. The highest BCUT2D eigenvalue weighted by molar-refractivity contribution is 6.31. The van der Waals surface area contributed by atoms with E-state index in [0.29, 0.717) is 22.7 Å². The molecule has 0 radical (unpaired) electrons. The first-order chi connectivity index (χ1) is 9.06. The topological polar surface area (TPSA) is 69.6 Å². The lowest BCUT2D eigenvalue weighted by Crippen LogP contribution is -2.58. The van der Waals surface area contributed by atoms with Gasteiger partial charge in [0, 0.05) is 10.7 Å². The van der Waals surface area contributed by atoms with Gasteiger partial charge < -0.3 is 10.0 Å². The Morgan fingerprint density at radius 1 is 1.47 bits per heavy atom. The van der Waals surface area contributed by atoms with E-state index in [4.69, 9.17) is 16.7 Å². The van der Waals surface area contributed by atoms with Gasteiger partial charge in [0.1, 0.15) is 6.04 Å². The summed E-state index contributed by atoms with van der Waals surface area (Å²) < 4.78 is 0. The molecule has 6 heteroatoms. The van der Waals surface area contributed by atoms with Crippen LogP contribution in [-0.2, 0) is 16.2 Å². The number of rotatable bonds is 3. The van der Waals surface area contributed by atoms with Gasteiger partial charge in [0.2, 0.25) is 11.8 Å². The van der Waals surface area contributed by atoms with E-state index in [1.165, 1.54) is 0 Å². The standard InChI is InChI=1S/C13H15ClN2O3/c1-2-11-13(19)15-12(18)6-16(11)9-4-3-8(7-17)10(14)5-9/h3-5,11,17H,2,6-7H2,1H3,(H,15,18,19). The molecule has 2 N–H and O–H groups in total. The maximum Gasteiger partial charge on any atom is 0.249 e. The molecule has 1 aromatic rings. The van der Waals surface area contributed by atoms with Crippen molar-refractivity contribution in [1.82, 2.24) is 5.32 Å². The molecule has 0 saturated carbocycles. The molecule has 2 amide bonds. The van der Waals surface area contributed by atoms with E-state index < -0.39 is 0 Å². The average Bonchev–Trinajstić information content (AvgIpc) is 2.37. The number of aliphatic hydroxyl groups excluding tert-OH is 1. The van der Waals surface area contributed by atoms with E-state index in [0.717, 1.165) is 0 Å². The van der Waals surface area contributed by atoms with Gasteiger partial charge in [-0.2, -0.15) is 0 Å². The number of benzene rings is 1. The Morgan fingerprint density at radius 2 is 2.21 bits per heavy atom. The van der Waals surface area contributed by atoms with Crippen LogP contribution in [0.4, 0.5) is 5.69 Å². The summed E-state index contributed by atoms with van der Waals surface area (Å²) in [5.74, 6) is -0.613. The minimum absolute atomic E-state index is 0.124. The van der Waals surface area contributed by atoms with Crippen molar-refractivity contribution in [3.05, 3.63) is 28.8 Å². The number of aliphatic hydroxyl groups is 1. The number of piperazine rings is 1. The number of carbonyl (C=O) groups excluding carboxylic acids is 2. The predicted molar refractivity (Wildman–Crippen MR) is 71.9 cm³/mol. The van der Waals surface area contributed by atoms with Crippen LogP contribution in [0, 0.1) is 0 Å². The van der Waals surface area contributed by atoms with Crippen LogP contribution in [0.25, 0.3) is 0 Å². The lowest BCUT2D eigenvalue weighted by Gasteiger charge is -2.35. The zero-order valence-corrected chi connectivity index (χ0v) is 11.3. The molecule has 1 aliphatic heterocycles. The highest BCUT2D eigenvalue weighted by Gasteiger charge is 2.32. The van der Waals surface area contributed by atoms with Crippen LogP contribution in [0.2, 0.25) is 5.02 Å². The number of nitrogens with one attached hydrogen (secondary N) is 1. The van der Waals surface area contributed by atoms with Gasteiger partial charge in [-0.05, 0) is 24.1 Å². The lowest BCUT2D eigenvalue weighted by atomic mass is 10.1. The van der Waals surface area contributed by atoms with Crippen molar-refractivity contribution in [2.24, 2.45) is 0 Å². The lowest BCUT2D eigenvalue weighted by molar-refractivity contribution is -0.132. The molecule has 1 fully saturated rings. The maximum atomic E-state index is 11.8. The minimum Gasteiger partial charge on any atom is -0.392 e. The molecule has 1 atom stereocenters. The first kappa shape index (κ1) is 13.8. The molecular formula is C13H15ClN2O3. The Hall–Kier alpha value is -1.59. The van der Waals surface area contributed by atoms with Crippen LogP contribution in [0.1, 0.15) is 18.9 Å². The highest BCUT2D eigenvalue weighted by atomic mass is 35.5. The molecule has 0 bridgehead atoms. The molecule has 2 rings (SSSR count). The predicted octanol–water partition coefficient (Wildman–Crippen LogP) is 1.07. The zero-order valence-electron chi connectivity index (χ0n) is 10.5. The Kier molecular flexibility index (Phi) is 4.07.